The molecule has 19 heavy (non-hydrogen) atoms. The van der Waals surface area contributed by atoms with E-state index in [0.717, 1.165) is 24.9 Å². The summed E-state index contributed by atoms with van der Waals surface area (Å²) < 4.78 is 26.5. The van der Waals surface area contributed by atoms with Crippen molar-refractivity contribution in [1.29, 1.82) is 0 Å². The van der Waals surface area contributed by atoms with Gasteiger partial charge in [0, 0.05) is 8.48 Å². The van der Waals surface area contributed by atoms with E-state index >= 15 is 0 Å². The number of methoxy groups -OCH3 is 1. The van der Waals surface area contributed by atoms with Crippen LogP contribution < -0.4 is 5.32 Å². The van der Waals surface area contributed by atoms with E-state index in [0.29, 0.717) is 18.6 Å². The summed E-state index contributed by atoms with van der Waals surface area (Å²) in [5, 5.41) is 3.35. The molecule has 0 amide bonds. The van der Waals surface area contributed by atoms with Crippen LogP contribution in [0, 0.1) is 11.7 Å². The largest absolute Gasteiger partial charge is 0.381 e. The van der Waals surface area contributed by atoms with Crippen LogP contribution in [0.4, 0.5) is 4.39 Å². The number of benzene rings is 1. The molecule has 2 rings (SSSR count). The maximum Gasteiger partial charge on any atom is 0.123 e. The minimum atomic E-state index is -0.402. The van der Waals surface area contributed by atoms with Crippen LogP contribution in [0.2, 0.25) is 0 Å². The first kappa shape index (κ1) is 13.1. The highest BCUT2D eigenvalue weighted by atomic mass is 19.1. The molecule has 1 fully saturated rings. The van der Waals surface area contributed by atoms with Crippen LogP contribution in [0.1, 0.15) is 32.6 Å². The molecule has 1 aromatic carbocycles. The molecule has 1 aliphatic rings. The first-order valence-corrected chi connectivity index (χ1v) is 7.10. The van der Waals surface area contributed by atoms with Crippen molar-refractivity contribution in [1.82, 2.24) is 5.32 Å². The summed E-state index contributed by atoms with van der Waals surface area (Å²) in [6.45, 7) is 1.52. The second-order valence-electron chi connectivity index (χ2n) is 5.30. The molecular weight excluding hydrogens is 241 g/mol. The molecule has 1 saturated carbocycles. The summed E-state index contributed by atoms with van der Waals surface area (Å²) in [6, 6.07) is 6.34. The van der Waals surface area contributed by atoms with E-state index in [1.165, 1.54) is 25.0 Å². The van der Waals surface area contributed by atoms with Crippen molar-refractivity contribution in [2.45, 2.75) is 38.2 Å². The molecule has 0 spiro atoms. The number of halogens is 1. The predicted octanol–water partition coefficient (Wildman–Crippen LogP) is 3.16. The van der Waals surface area contributed by atoms with Crippen LogP contribution in [0.5, 0.6) is 0 Å². The smallest absolute Gasteiger partial charge is 0.123 e. The Morgan fingerprint density at radius 1 is 1.37 bits per heavy atom. The molecule has 1 aromatic rings. The summed E-state index contributed by atoms with van der Waals surface area (Å²) >= 11 is 0. The lowest BCUT2D eigenvalue weighted by atomic mass is 9.87. The third-order valence-electron chi connectivity index (χ3n) is 3.89. The van der Waals surface area contributed by atoms with Gasteiger partial charge in [0.05, 0.1) is 6.10 Å². The highest BCUT2D eigenvalue weighted by Gasteiger charge is 2.20. The van der Waals surface area contributed by atoms with Crippen LogP contribution in [-0.4, -0.2) is 26.3 Å². The number of hydrogen-bond acceptors (Lipinski definition) is 2. The molecule has 0 bridgehead atoms. The zero-order valence-electron chi connectivity index (χ0n) is 12.6. The Morgan fingerprint density at radius 3 is 2.84 bits per heavy atom. The molecule has 0 radical (unpaired) electrons. The van der Waals surface area contributed by atoms with Crippen molar-refractivity contribution < 1.29 is 10.5 Å². The van der Waals surface area contributed by atoms with Gasteiger partial charge in [0.25, 0.3) is 0 Å². The Labute approximate surface area is 116 Å². The molecular formula is C16H24FNO. The predicted molar refractivity (Wildman–Crippen MR) is 75.7 cm³/mol. The van der Waals surface area contributed by atoms with Gasteiger partial charge in [-0.15, -0.1) is 0 Å². The lowest BCUT2D eigenvalue weighted by molar-refractivity contribution is 0.0568. The Morgan fingerprint density at radius 2 is 2.16 bits per heavy atom. The third-order valence-corrected chi connectivity index (χ3v) is 3.89. The standard InChI is InChI=1S/C16H24FNO/c1-19-16-7-5-14(6-8-16)12-18-10-9-13-3-2-4-15(17)11-13/h2-4,11,14,16,18H,5-10,12H2,1H3/i9D/t9-,14?,16?/m0/s1. The van der Waals surface area contributed by atoms with Gasteiger partial charge in [0.15, 0.2) is 0 Å². The fourth-order valence-corrected chi connectivity index (χ4v) is 2.68. The van der Waals surface area contributed by atoms with Crippen molar-refractivity contribution in [3.05, 3.63) is 35.6 Å². The lowest BCUT2D eigenvalue weighted by Crippen LogP contribution is -2.29. The van der Waals surface area contributed by atoms with E-state index in [1.54, 1.807) is 13.2 Å². The second-order valence-corrected chi connectivity index (χ2v) is 5.30. The topological polar surface area (TPSA) is 21.3 Å². The van der Waals surface area contributed by atoms with Gasteiger partial charge in [0.1, 0.15) is 5.82 Å². The molecule has 0 unspecified atom stereocenters. The molecule has 106 valence electrons. The van der Waals surface area contributed by atoms with Crippen molar-refractivity contribution in [2.75, 3.05) is 20.2 Å². The molecule has 0 aromatic heterocycles. The number of ether oxygens (including phenoxy) is 1. The SMILES string of the molecule is [2H][C@@H](CNCC1CCC(OC)CC1)c1cccc(F)c1. The number of rotatable bonds is 6. The van der Waals surface area contributed by atoms with Gasteiger partial charge < -0.3 is 10.1 Å². The summed E-state index contributed by atoms with van der Waals surface area (Å²) in [4.78, 5) is 0. The average molecular weight is 266 g/mol. The number of hydrogen-bond donors (Lipinski definition) is 1. The fourth-order valence-electron chi connectivity index (χ4n) is 2.68. The normalized spacial score (nSPS) is 25.9. The quantitative estimate of drug-likeness (QED) is 0.854. The van der Waals surface area contributed by atoms with E-state index in [-0.39, 0.29) is 5.82 Å². The minimum absolute atomic E-state index is 0.266. The Balaban J connectivity index is 1.68. The van der Waals surface area contributed by atoms with Crippen molar-refractivity contribution in [2.24, 2.45) is 5.92 Å². The van der Waals surface area contributed by atoms with Crippen LogP contribution in [0.3, 0.4) is 0 Å². The zero-order chi connectivity index (χ0) is 14.4. The van der Waals surface area contributed by atoms with Gasteiger partial charge in [0.2, 0.25) is 0 Å². The zero-order valence-corrected chi connectivity index (χ0v) is 11.6. The summed E-state index contributed by atoms with van der Waals surface area (Å²) in [5.41, 5.74) is 0.737. The van der Waals surface area contributed by atoms with Crippen LogP contribution in [-0.2, 0) is 11.1 Å². The van der Waals surface area contributed by atoms with Gasteiger partial charge >= 0.3 is 0 Å². The summed E-state index contributed by atoms with van der Waals surface area (Å²) in [5.74, 6) is 0.416. The maximum absolute atomic E-state index is 13.1. The second kappa shape index (κ2) is 7.61. The fraction of sp³-hybridized carbons (Fsp3) is 0.625. The van der Waals surface area contributed by atoms with Crippen LogP contribution in [0.25, 0.3) is 0 Å². The highest BCUT2D eigenvalue weighted by Crippen LogP contribution is 2.25. The Hall–Kier alpha value is -0.930. The molecule has 0 saturated heterocycles. The third kappa shape index (κ3) is 4.92. The van der Waals surface area contributed by atoms with Crippen molar-refractivity contribution in [3.8, 4) is 0 Å². The first-order valence-electron chi connectivity index (χ1n) is 7.68. The molecule has 0 heterocycles. The van der Waals surface area contributed by atoms with E-state index < -0.39 is 6.40 Å². The van der Waals surface area contributed by atoms with E-state index in [2.05, 4.69) is 5.32 Å². The lowest BCUT2D eigenvalue weighted by Gasteiger charge is -2.27. The van der Waals surface area contributed by atoms with Gasteiger partial charge in [-0.1, -0.05) is 12.1 Å². The van der Waals surface area contributed by atoms with Gasteiger partial charge in [-0.3, -0.25) is 0 Å². The van der Waals surface area contributed by atoms with Crippen molar-refractivity contribution in [3.63, 3.8) is 0 Å². The maximum atomic E-state index is 13.1. The monoisotopic (exact) mass is 266 g/mol. The van der Waals surface area contributed by atoms with Crippen molar-refractivity contribution >= 4 is 0 Å². The summed E-state index contributed by atoms with van der Waals surface area (Å²) in [7, 11) is 1.78. The highest BCUT2D eigenvalue weighted by molar-refractivity contribution is 5.16. The molecule has 2 nitrogen and oxygen atoms in total. The van der Waals surface area contributed by atoms with Gasteiger partial charge in [-0.2, -0.15) is 0 Å². The first-order chi connectivity index (χ1) is 9.69. The average Bonchev–Trinajstić information content (AvgIpc) is 2.48. The van der Waals surface area contributed by atoms with E-state index in [1.807, 2.05) is 6.07 Å². The molecule has 1 aliphatic carbocycles. The molecule has 1 N–H and O–H groups in total. The van der Waals surface area contributed by atoms with E-state index in [9.17, 15) is 4.39 Å². The Bertz CT molecular complexity index is 407. The van der Waals surface area contributed by atoms with Gasteiger partial charge in [-0.05, 0) is 68.8 Å². The van der Waals surface area contributed by atoms with E-state index in [4.69, 9.17) is 6.11 Å². The number of nitrogens with one attached hydrogen (secondary N) is 1. The molecule has 0 aliphatic heterocycles. The molecule has 1 atom stereocenters. The van der Waals surface area contributed by atoms with Crippen LogP contribution in [0.15, 0.2) is 24.3 Å². The Kier molecular flexibility index (Phi) is 5.23. The van der Waals surface area contributed by atoms with Gasteiger partial charge in [-0.25, -0.2) is 4.39 Å². The molecule has 3 heteroatoms. The van der Waals surface area contributed by atoms with Crippen LogP contribution >= 0.6 is 0 Å². The summed E-state index contributed by atoms with van der Waals surface area (Å²) in [6.07, 6.45) is 4.68. The minimum Gasteiger partial charge on any atom is -0.381 e.